The van der Waals surface area contributed by atoms with E-state index in [1.54, 1.807) is 18.3 Å². The second-order valence-corrected chi connectivity index (χ2v) is 9.90. The number of thioether (sulfide) groups is 1. The highest BCUT2D eigenvalue weighted by Crippen LogP contribution is 2.27. The molecule has 5 rings (SSSR count). The van der Waals surface area contributed by atoms with Gasteiger partial charge in [0.2, 0.25) is 5.91 Å². The standard InChI is InChI=1S/C28H25ClN4O2S/c29-24-8-2-1-7-23(24)28(35)33-17-15-32(16-18-33)22-12-10-21(11-13-22)31-26(34)19-36-25-9-3-5-20-6-4-14-30-27(20)25/h1-14H,15-19H2,(H,31,34). The van der Waals surface area contributed by atoms with Crippen LogP contribution in [0.2, 0.25) is 5.02 Å². The Kier molecular flexibility index (Phi) is 7.39. The maximum atomic E-state index is 12.8. The zero-order valence-electron chi connectivity index (χ0n) is 19.6. The van der Waals surface area contributed by atoms with Crippen LogP contribution in [0.4, 0.5) is 11.4 Å². The monoisotopic (exact) mass is 516 g/mol. The van der Waals surface area contributed by atoms with Crippen LogP contribution < -0.4 is 10.2 Å². The Labute approximate surface area is 219 Å². The Morgan fingerprint density at radius 2 is 1.64 bits per heavy atom. The Morgan fingerprint density at radius 1 is 0.889 bits per heavy atom. The summed E-state index contributed by atoms with van der Waals surface area (Å²) in [5, 5.41) is 4.52. The van der Waals surface area contributed by atoms with Gasteiger partial charge in [-0.25, -0.2) is 0 Å². The maximum absolute atomic E-state index is 12.8. The van der Waals surface area contributed by atoms with Crippen molar-refractivity contribution in [2.75, 3.05) is 42.1 Å². The predicted octanol–water partition coefficient (Wildman–Crippen LogP) is 5.58. The molecule has 1 N–H and O–H groups in total. The van der Waals surface area contributed by atoms with Crippen LogP contribution in [0.3, 0.4) is 0 Å². The average molecular weight is 517 g/mol. The number of pyridine rings is 1. The number of para-hydroxylation sites is 1. The molecule has 6 nitrogen and oxygen atoms in total. The quantitative estimate of drug-likeness (QED) is 0.339. The van der Waals surface area contributed by atoms with Crippen LogP contribution in [-0.2, 0) is 4.79 Å². The van der Waals surface area contributed by atoms with Gasteiger partial charge in [0.1, 0.15) is 0 Å². The number of hydrogen-bond acceptors (Lipinski definition) is 5. The summed E-state index contributed by atoms with van der Waals surface area (Å²) < 4.78 is 0. The zero-order chi connectivity index (χ0) is 24.9. The van der Waals surface area contributed by atoms with Gasteiger partial charge in [-0.3, -0.25) is 14.6 Å². The molecule has 182 valence electrons. The van der Waals surface area contributed by atoms with Crippen molar-refractivity contribution in [3.8, 4) is 0 Å². The summed E-state index contributed by atoms with van der Waals surface area (Å²) in [6.07, 6.45) is 1.77. The van der Waals surface area contributed by atoms with Crippen molar-refractivity contribution in [3.63, 3.8) is 0 Å². The predicted molar refractivity (Wildman–Crippen MR) is 147 cm³/mol. The van der Waals surface area contributed by atoms with E-state index >= 15 is 0 Å². The van der Waals surface area contributed by atoms with Crippen molar-refractivity contribution >= 4 is 57.5 Å². The van der Waals surface area contributed by atoms with E-state index in [2.05, 4.69) is 15.2 Å². The average Bonchev–Trinajstić information content (AvgIpc) is 2.92. The van der Waals surface area contributed by atoms with E-state index in [-0.39, 0.29) is 11.8 Å². The smallest absolute Gasteiger partial charge is 0.255 e. The first-order valence-corrected chi connectivity index (χ1v) is 13.1. The number of halogens is 1. The Balaban J connectivity index is 1.13. The van der Waals surface area contributed by atoms with E-state index in [1.807, 2.05) is 71.6 Å². The van der Waals surface area contributed by atoms with Gasteiger partial charge < -0.3 is 15.1 Å². The summed E-state index contributed by atoms with van der Waals surface area (Å²) in [5.41, 5.74) is 3.28. The molecular weight excluding hydrogens is 492 g/mol. The second kappa shape index (κ2) is 11.0. The normalized spacial score (nSPS) is 13.6. The number of aromatic nitrogens is 1. The SMILES string of the molecule is O=C(CSc1cccc2cccnc12)Nc1ccc(N2CCN(C(=O)c3ccccc3Cl)CC2)cc1. The van der Waals surface area contributed by atoms with Crippen molar-refractivity contribution in [2.45, 2.75) is 4.90 Å². The van der Waals surface area contributed by atoms with E-state index in [0.717, 1.165) is 40.3 Å². The van der Waals surface area contributed by atoms with Gasteiger partial charge in [-0.05, 0) is 48.5 Å². The highest BCUT2D eigenvalue weighted by molar-refractivity contribution is 8.00. The fraction of sp³-hybridized carbons (Fsp3) is 0.179. The number of anilines is 2. The largest absolute Gasteiger partial charge is 0.368 e. The Morgan fingerprint density at radius 3 is 2.42 bits per heavy atom. The molecule has 1 aromatic heterocycles. The van der Waals surface area contributed by atoms with Crippen molar-refractivity contribution < 1.29 is 9.59 Å². The molecule has 0 unspecified atom stereocenters. The summed E-state index contributed by atoms with van der Waals surface area (Å²) >= 11 is 7.68. The van der Waals surface area contributed by atoms with Crippen LogP contribution in [-0.4, -0.2) is 53.6 Å². The fourth-order valence-corrected chi connectivity index (χ4v) is 5.32. The van der Waals surface area contributed by atoms with Crippen LogP contribution >= 0.6 is 23.4 Å². The summed E-state index contributed by atoms with van der Waals surface area (Å²) in [6.45, 7) is 2.72. The van der Waals surface area contributed by atoms with Crippen LogP contribution in [0.5, 0.6) is 0 Å². The Hall–Kier alpha value is -3.55. The first-order valence-electron chi connectivity index (χ1n) is 11.7. The molecule has 1 aliphatic rings. The molecule has 2 amide bonds. The second-order valence-electron chi connectivity index (χ2n) is 8.47. The van der Waals surface area contributed by atoms with Gasteiger partial charge in [0.15, 0.2) is 0 Å². The maximum Gasteiger partial charge on any atom is 0.255 e. The molecule has 36 heavy (non-hydrogen) atoms. The molecule has 1 fully saturated rings. The van der Waals surface area contributed by atoms with E-state index in [0.29, 0.717) is 29.4 Å². The highest BCUT2D eigenvalue weighted by atomic mass is 35.5. The minimum absolute atomic E-state index is 0.0320. The third-order valence-electron chi connectivity index (χ3n) is 6.14. The third kappa shape index (κ3) is 5.48. The molecule has 1 aliphatic heterocycles. The van der Waals surface area contributed by atoms with Crippen LogP contribution in [0.15, 0.2) is 90.0 Å². The van der Waals surface area contributed by atoms with E-state index < -0.39 is 0 Å². The summed E-state index contributed by atoms with van der Waals surface area (Å²) in [7, 11) is 0. The van der Waals surface area contributed by atoms with E-state index in [1.165, 1.54) is 11.8 Å². The van der Waals surface area contributed by atoms with Gasteiger partial charge >= 0.3 is 0 Å². The number of nitrogens with zero attached hydrogens (tertiary/aromatic N) is 3. The van der Waals surface area contributed by atoms with Crippen LogP contribution in [0.25, 0.3) is 10.9 Å². The first kappa shape index (κ1) is 24.2. The van der Waals surface area contributed by atoms with Gasteiger partial charge in [-0.15, -0.1) is 11.8 Å². The molecule has 0 spiro atoms. The number of fused-ring (bicyclic) bond motifs is 1. The number of benzene rings is 3. The Bertz CT molecular complexity index is 1380. The number of rotatable bonds is 6. The lowest BCUT2D eigenvalue weighted by molar-refractivity contribution is -0.113. The summed E-state index contributed by atoms with van der Waals surface area (Å²) in [5.74, 6) is 0.210. The minimum Gasteiger partial charge on any atom is -0.368 e. The third-order valence-corrected chi connectivity index (χ3v) is 7.52. The van der Waals surface area contributed by atoms with Gasteiger partial charge in [-0.2, -0.15) is 0 Å². The number of carbonyl (C=O) groups is 2. The van der Waals surface area contributed by atoms with Crippen molar-refractivity contribution in [1.29, 1.82) is 0 Å². The molecule has 3 aromatic carbocycles. The number of piperazine rings is 1. The lowest BCUT2D eigenvalue weighted by Crippen LogP contribution is -2.48. The van der Waals surface area contributed by atoms with Crippen molar-refractivity contribution in [1.82, 2.24) is 9.88 Å². The molecule has 0 atom stereocenters. The first-order chi connectivity index (χ1) is 17.6. The number of amides is 2. The van der Waals surface area contributed by atoms with Crippen LogP contribution in [0, 0.1) is 0 Å². The molecule has 0 saturated carbocycles. The number of carbonyl (C=O) groups excluding carboxylic acids is 2. The van der Waals surface area contributed by atoms with Crippen LogP contribution in [0.1, 0.15) is 10.4 Å². The van der Waals surface area contributed by atoms with Crippen molar-refractivity contribution in [2.24, 2.45) is 0 Å². The molecule has 1 saturated heterocycles. The summed E-state index contributed by atoms with van der Waals surface area (Å²) in [4.78, 5) is 34.9. The summed E-state index contributed by atoms with van der Waals surface area (Å²) in [6, 6.07) is 24.9. The number of nitrogens with one attached hydrogen (secondary N) is 1. The van der Waals surface area contributed by atoms with Crippen molar-refractivity contribution in [3.05, 3.63) is 95.6 Å². The molecule has 0 bridgehead atoms. The van der Waals surface area contributed by atoms with Gasteiger partial charge in [-0.1, -0.05) is 41.9 Å². The molecule has 8 heteroatoms. The minimum atomic E-state index is -0.0626. The van der Waals surface area contributed by atoms with E-state index in [9.17, 15) is 9.59 Å². The zero-order valence-corrected chi connectivity index (χ0v) is 21.1. The van der Waals surface area contributed by atoms with Gasteiger partial charge in [0.25, 0.3) is 5.91 Å². The molecule has 0 radical (unpaired) electrons. The lowest BCUT2D eigenvalue weighted by Gasteiger charge is -2.36. The molecule has 0 aliphatic carbocycles. The molecular formula is C28H25ClN4O2S. The van der Waals surface area contributed by atoms with Gasteiger partial charge in [0, 0.05) is 54.0 Å². The molecule has 4 aromatic rings. The fourth-order valence-electron chi connectivity index (χ4n) is 4.26. The number of hydrogen-bond donors (Lipinski definition) is 1. The van der Waals surface area contributed by atoms with E-state index in [4.69, 9.17) is 11.6 Å². The lowest BCUT2D eigenvalue weighted by atomic mass is 10.1. The highest BCUT2D eigenvalue weighted by Gasteiger charge is 2.23. The molecule has 2 heterocycles. The van der Waals surface area contributed by atoms with Gasteiger partial charge in [0.05, 0.1) is 21.9 Å². The topological polar surface area (TPSA) is 65.5 Å².